The van der Waals surface area contributed by atoms with Crippen molar-refractivity contribution >= 4 is 50.2 Å². The van der Waals surface area contributed by atoms with Crippen LogP contribution >= 0.6 is 22.7 Å². The molecule has 28 heavy (non-hydrogen) atoms. The minimum atomic E-state index is -0.505. The van der Waals surface area contributed by atoms with E-state index in [2.05, 4.69) is 14.9 Å². The lowest BCUT2D eigenvalue weighted by Crippen LogP contribution is -2.37. The standard InChI is InChI=1S/C19H23N5O2S2/c1-11-23-7-13(27-11)10-26-9-12-3-2-6-24(8-12)14-4-5-22-19-15(14)16(20)17(28-19)18(21)25/h4-5,7,12H,2-3,6,8-10,20H2,1H3,(H2,21,25)/t12-/m0/s1. The molecule has 0 aromatic carbocycles. The van der Waals surface area contributed by atoms with Gasteiger partial charge in [-0.3, -0.25) is 4.79 Å². The maximum Gasteiger partial charge on any atom is 0.260 e. The second kappa shape index (κ2) is 8.02. The van der Waals surface area contributed by atoms with E-state index in [9.17, 15) is 4.79 Å². The van der Waals surface area contributed by atoms with Gasteiger partial charge in [-0.1, -0.05) is 0 Å². The van der Waals surface area contributed by atoms with Gasteiger partial charge in [-0.15, -0.1) is 22.7 Å². The summed E-state index contributed by atoms with van der Waals surface area (Å²) in [5.74, 6) is -0.0591. The van der Waals surface area contributed by atoms with Crippen LogP contribution in [0.5, 0.6) is 0 Å². The number of carbonyl (C=O) groups is 1. The van der Waals surface area contributed by atoms with Crippen molar-refractivity contribution in [1.82, 2.24) is 9.97 Å². The number of aryl methyl sites for hydroxylation is 1. The Morgan fingerprint density at radius 2 is 2.25 bits per heavy atom. The fourth-order valence-corrected chi connectivity index (χ4v) is 5.36. The first kappa shape index (κ1) is 19.1. The molecule has 0 saturated carbocycles. The molecule has 0 spiro atoms. The molecule has 1 aliphatic rings. The molecule has 3 aromatic heterocycles. The molecule has 148 valence electrons. The van der Waals surface area contributed by atoms with Crippen LogP contribution in [0.15, 0.2) is 18.5 Å². The molecule has 7 nitrogen and oxygen atoms in total. The number of nitrogens with zero attached hydrogens (tertiary/aromatic N) is 3. The van der Waals surface area contributed by atoms with Crippen molar-refractivity contribution in [2.24, 2.45) is 11.7 Å². The van der Waals surface area contributed by atoms with Crippen molar-refractivity contribution in [3.63, 3.8) is 0 Å². The Kier molecular flexibility index (Phi) is 5.47. The van der Waals surface area contributed by atoms with Gasteiger partial charge < -0.3 is 21.1 Å². The highest BCUT2D eigenvalue weighted by atomic mass is 32.1. The summed E-state index contributed by atoms with van der Waals surface area (Å²) >= 11 is 2.93. The van der Waals surface area contributed by atoms with Gasteiger partial charge in [0.25, 0.3) is 5.91 Å². The lowest BCUT2D eigenvalue weighted by molar-refractivity contribution is 0.0833. The quantitative estimate of drug-likeness (QED) is 0.638. The molecule has 0 radical (unpaired) electrons. The molecular weight excluding hydrogens is 394 g/mol. The van der Waals surface area contributed by atoms with Crippen molar-refractivity contribution in [3.8, 4) is 0 Å². The number of anilines is 2. The van der Waals surface area contributed by atoms with Gasteiger partial charge in [0.05, 0.1) is 39.9 Å². The molecule has 4 N–H and O–H groups in total. The molecule has 1 atom stereocenters. The Balaban J connectivity index is 1.47. The van der Waals surface area contributed by atoms with Crippen molar-refractivity contribution in [3.05, 3.63) is 33.2 Å². The summed E-state index contributed by atoms with van der Waals surface area (Å²) in [5.41, 5.74) is 13.2. The van der Waals surface area contributed by atoms with Gasteiger partial charge in [0, 0.05) is 25.5 Å². The van der Waals surface area contributed by atoms with E-state index in [1.807, 2.05) is 19.2 Å². The first-order valence-corrected chi connectivity index (χ1v) is 10.9. The second-order valence-electron chi connectivity index (χ2n) is 7.03. The average Bonchev–Trinajstić information content (AvgIpc) is 3.25. The number of thiazole rings is 1. The largest absolute Gasteiger partial charge is 0.397 e. The molecule has 0 bridgehead atoms. The Labute approximate surface area is 171 Å². The van der Waals surface area contributed by atoms with Gasteiger partial charge in [0.2, 0.25) is 0 Å². The number of thiophene rings is 1. The Bertz CT molecular complexity index is 1000. The van der Waals surface area contributed by atoms with E-state index in [-0.39, 0.29) is 0 Å². The van der Waals surface area contributed by atoms with Crippen LogP contribution in [0.2, 0.25) is 0 Å². The molecule has 4 rings (SSSR count). The van der Waals surface area contributed by atoms with Crippen molar-refractivity contribution in [2.75, 3.05) is 30.3 Å². The topological polar surface area (TPSA) is 107 Å². The summed E-state index contributed by atoms with van der Waals surface area (Å²) in [6, 6.07) is 1.97. The number of piperidine rings is 1. The number of ether oxygens (including phenoxy) is 1. The number of nitrogen functional groups attached to an aromatic ring is 1. The number of fused-ring (bicyclic) bond motifs is 1. The van der Waals surface area contributed by atoms with E-state index in [0.29, 0.717) is 29.7 Å². The number of aromatic nitrogens is 2. The van der Waals surface area contributed by atoms with E-state index in [1.165, 1.54) is 11.3 Å². The summed E-state index contributed by atoms with van der Waals surface area (Å²) in [7, 11) is 0. The molecule has 1 aliphatic heterocycles. The summed E-state index contributed by atoms with van der Waals surface area (Å²) in [5, 5.41) is 1.90. The number of carbonyl (C=O) groups excluding carboxylic acids is 1. The van der Waals surface area contributed by atoms with Crippen LogP contribution in [0, 0.1) is 12.8 Å². The van der Waals surface area contributed by atoms with Crippen LogP contribution in [0.25, 0.3) is 10.2 Å². The predicted molar refractivity (Wildman–Crippen MR) is 114 cm³/mol. The lowest BCUT2D eigenvalue weighted by Gasteiger charge is -2.34. The lowest BCUT2D eigenvalue weighted by atomic mass is 9.98. The van der Waals surface area contributed by atoms with Gasteiger partial charge >= 0.3 is 0 Å². The molecule has 9 heteroatoms. The third-order valence-electron chi connectivity index (χ3n) is 4.96. The van der Waals surface area contributed by atoms with Gasteiger partial charge in [0.1, 0.15) is 9.71 Å². The first-order chi connectivity index (χ1) is 13.5. The summed E-state index contributed by atoms with van der Waals surface area (Å²) in [4.78, 5) is 24.9. The molecule has 1 amide bonds. The van der Waals surface area contributed by atoms with Gasteiger partial charge in [-0.2, -0.15) is 0 Å². The summed E-state index contributed by atoms with van der Waals surface area (Å²) < 4.78 is 5.95. The van der Waals surface area contributed by atoms with Crippen LogP contribution in [0.3, 0.4) is 0 Å². The van der Waals surface area contributed by atoms with Crippen LogP contribution in [-0.2, 0) is 11.3 Å². The number of amides is 1. The fraction of sp³-hybridized carbons (Fsp3) is 0.421. The van der Waals surface area contributed by atoms with E-state index >= 15 is 0 Å². The van der Waals surface area contributed by atoms with Crippen LogP contribution in [0.1, 0.15) is 32.4 Å². The Morgan fingerprint density at radius 3 is 3.00 bits per heavy atom. The molecule has 1 saturated heterocycles. The number of nitrogens with two attached hydrogens (primary N) is 2. The smallest absolute Gasteiger partial charge is 0.260 e. The molecule has 0 aliphatic carbocycles. The Hall–Kier alpha value is -2.23. The fourth-order valence-electron chi connectivity index (χ4n) is 3.69. The number of hydrogen-bond acceptors (Lipinski definition) is 8. The van der Waals surface area contributed by atoms with Crippen molar-refractivity contribution < 1.29 is 9.53 Å². The zero-order valence-corrected chi connectivity index (χ0v) is 17.3. The van der Waals surface area contributed by atoms with Gasteiger partial charge in [-0.05, 0) is 31.7 Å². The summed E-state index contributed by atoms with van der Waals surface area (Å²) in [6.07, 6.45) is 5.88. The third-order valence-corrected chi connectivity index (χ3v) is 6.97. The SMILES string of the molecule is Cc1ncc(COC[C@H]2CCCN(c3ccnc4sc(C(N)=O)c(N)c34)C2)s1. The summed E-state index contributed by atoms with van der Waals surface area (Å²) in [6.45, 7) is 5.17. The zero-order valence-electron chi connectivity index (χ0n) is 15.7. The van der Waals surface area contributed by atoms with Gasteiger partial charge in [-0.25, -0.2) is 9.97 Å². The van der Waals surface area contributed by atoms with Crippen LogP contribution < -0.4 is 16.4 Å². The minimum absolute atomic E-state index is 0.381. The van der Waals surface area contributed by atoms with Crippen LogP contribution in [0.4, 0.5) is 11.4 Å². The minimum Gasteiger partial charge on any atom is -0.397 e. The molecular formula is C19H23N5O2S2. The average molecular weight is 418 g/mol. The molecule has 4 heterocycles. The maximum atomic E-state index is 11.7. The van der Waals surface area contributed by atoms with E-state index in [4.69, 9.17) is 16.2 Å². The zero-order chi connectivity index (χ0) is 19.7. The van der Waals surface area contributed by atoms with E-state index in [1.54, 1.807) is 17.5 Å². The Morgan fingerprint density at radius 1 is 1.39 bits per heavy atom. The third kappa shape index (κ3) is 3.82. The highest BCUT2D eigenvalue weighted by Crippen LogP contribution is 2.39. The van der Waals surface area contributed by atoms with Crippen molar-refractivity contribution in [2.45, 2.75) is 26.4 Å². The first-order valence-electron chi connectivity index (χ1n) is 9.23. The van der Waals surface area contributed by atoms with E-state index in [0.717, 1.165) is 51.7 Å². The normalized spacial score (nSPS) is 17.3. The predicted octanol–water partition coefficient (Wildman–Crippen LogP) is 3.18. The van der Waals surface area contributed by atoms with Gasteiger partial charge in [0.15, 0.2) is 0 Å². The number of primary amides is 1. The highest BCUT2D eigenvalue weighted by molar-refractivity contribution is 7.21. The molecule has 1 fully saturated rings. The van der Waals surface area contributed by atoms with Crippen LogP contribution in [-0.4, -0.2) is 35.6 Å². The van der Waals surface area contributed by atoms with E-state index < -0.39 is 5.91 Å². The second-order valence-corrected chi connectivity index (χ2v) is 9.35. The van der Waals surface area contributed by atoms with Crippen molar-refractivity contribution in [1.29, 1.82) is 0 Å². The number of hydrogen-bond donors (Lipinski definition) is 2. The monoisotopic (exact) mass is 417 g/mol. The number of pyridine rings is 1. The highest BCUT2D eigenvalue weighted by Gasteiger charge is 2.25. The molecule has 0 unspecified atom stereocenters. The maximum absolute atomic E-state index is 11.7. The molecule has 3 aromatic rings. The number of rotatable bonds is 6.